The van der Waals surface area contributed by atoms with Gasteiger partial charge in [0.15, 0.2) is 5.82 Å². The number of halogens is 3. The molecular weight excluding hydrogens is 597 g/mol. The van der Waals surface area contributed by atoms with Gasteiger partial charge in [0.1, 0.15) is 54.0 Å². The van der Waals surface area contributed by atoms with Crippen LogP contribution in [-0.4, -0.2) is 84.2 Å². The van der Waals surface area contributed by atoms with Gasteiger partial charge in [-0.3, -0.25) is 9.88 Å². The molecule has 0 amide bonds. The van der Waals surface area contributed by atoms with Gasteiger partial charge in [-0.25, -0.2) is 13.2 Å². The first-order chi connectivity index (χ1) is 22.3. The Morgan fingerprint density at radius 3 is 2.76 bits per heavy atom. The van der Waals surface area contributed by atoms with Crippen LogP contribution in [0.4, 0.5) is 19.0 Å². The summed E-state index contributed by atoms with van der Waals surface area (Å²) >= 11 is 0. The second-order valence-corrected chi connectivity index (χ2v) is 12.6. The maximum absolute atomic E-state index is 16.8. The Labute approximate surface area is 262 Å². The quantitative estimate of drug-likeness (QED) is 0.254. The molecule has 0 bridgehead atoms. The van der Waals surface area contributed by atoms with E-state index in [1.807, 2.05) is 16.4 Å². The highest BCUT2D eigenvalue weighted by atomic mass is 19.1. The van der Waals surface area contributed by atoms with Crippen molar-refractivity contribution in [2.45, 2.75) is 56.8 Å². The Morgan fingerprint density at radius 2 is 1.93 bits per heavy atom. The summed E-state index contributed by atoms with van der Waals surface area (Å²) in [6.45, 7) is 4.42. The van der Waals surface area contributed by atoms with Gasteiger partial charge in [-0.1, -0.05) is 13.0 Å². The van der Waals surface area contributed by atoms with Crippen LogP contribution >= 0.6 is 0 Å². The minimum absolute atomic E-state index is 0.000685. The van der Waals surface area contributed by atoms with Gasteiger partial charge in [0, 0.05) is 37.8 Å². The summed E-state index contributed by atoms with van der Waals surface area (Å²) in [5.74, 6) is -0.762. The molecule has 5 aromatic rings. The summed E-state index contributed by atoms with van der Waals surface area (Å²) in [4.78, 5) is 18.1. The Bertz CT molecular complexity index is 1960. The summed E-state index contributed by atoms with van der Waals surface area (Å²) in [6, 6.07) is 5.93. The topological polar surface area (TPSA) is 105 Å². The Balaban J connectivity index is 1.26. The molecule has 1 N–H and O–H groups in total. The summed E-state index contributed by atoms with van der Waals surface area (Å²) < 4.78 is 54.4. The molecule has 1 unspecified atom stereocenters. The van der Waals surface area contributed by atoms with Crippen molar-refractivity contribution in [3.05, 3.63) is 60.3 Å². The minimum atomic E-state index is -0.919. The molecule has 6 heterocycles. The zero-order valence-corrected chi connectivity index (χ0v) is 25.3. The predicted octanol–water partition coefficient (Wildman–Crippen LogP) is 5.39. The summed E-state index contributed by atoms with van der Waals surface area (Å²) in [7, 11) is 0. The molecule has 0 saturated carbocycles. The van der Waals surface area contributed by atoms with Gasteiger partial charge in [-0.2, -0.15) is 9.97 Å². The van der Waals surface area contributed by atoms with E-state index in [2.05, 4.69) is 25.1 Å². The summed E-state index contributed by atoms with van der Waals surface area (Å²) in [5, 5.41) is 19.9. The molecule has 8 rings (SSSR count). The van der Waals surface area contributed by atoms with Crippen molar-refractivity contribution in [1.29, 1.82) is 0 Å². The van der Waals surface area contributed by atoms with Gasteiger partial charge in [-0.15, -0.1) is 10.2 Å². The number of aryl methyl sites for hydroxylation is 1. The number of benzene rings is 2. The smallest absolute Gasteiger partial charge is 0.319 e. The fraction of sp³-hybridized carbons (Fsp3) is 0.424. The maximum atomic E-state index is 16.8. The van der Waals surface area contributed by atoms with Crippen LogP contribution in [0.1, 0.15) is 44.2 Å². The molecule has 3 aliphatic rings. The fourth-order valence-electron chi connectivity index (χ4n) is 7.77. The standard InChI is InChI=1S/C33H33F3N8O2/c1-2-23-26(35)5-4-19-10-22(45)11-24(27(19)23)29-28(36)30-25(13-37-29)31(42-9-6-21(15-42)43-17-38-39-18-43)41-32(40-30)46-16-33-7-3-8-44(33)14-20(34)12-33/h4-5,10-11,13,17-18,20-21,45H,2-3,6-9,12,14-16H2,1H3/t20-,21?,33+/m1/s1. The SMILES string of the molecule is CCc1c(F)ccc2cc(O)cc(-c3ncc4c(N5CCC(n6cnnc6)C5)nc(OC[C@@]56CCCN5C[C@H](F)C6)nc4c3F)c12. The van der Waals surface area contributed by atoms with Crippen LogP contribution in [-0.2, 0) is 6.42 Å². The van der Waals surface area contributed by atoms with Gasteiger partial charge in [0.2, 0.25) is 0 Å². The molecule has 46 heavy (non-hydrogen) atoms. The van der Waals surface area contributed by atoms with Gasteiger partial charge in [-0.05, 0) is 66.8 Å². The number of aromatic hydroxyl groups is 1. The molecule has 10 nitrogen and oxygen atoms in total. The average molecular weight is 631 g/mol. The summed E-state index contributed by atoms with van der Waals surface area (Å²) in [5.41, 5.74) is 0.168. The normalized spacial score (nSPS) is 23.2. The Hall–Kier alpha value is -4.52. The van der Waals surface area contributed by atoms with E-state index >= 15 is 4.39 Å². The molecule has 0 spiro atoms. The number of phenols is 1. The number of hydrogen-bond acceptors (Lipinski definition) is 9. The van der Waals surface area contributed by atoms with Crippen LogP contribution in [0.3, 0.4) is 0 Å². The molecule has 13 heteroatoms. The number of fused-ring (bicyclic) bond motifs is 3. The number of alkyl halides is 1. The van der Waals surface area contributed by atoms with E-state index in [-0.39, 0.29) is 41.2 Å². The molecule has 3 atom stereocenters. The number of anilines is 1. The lowest BCUT2D eigenvalue weighted by Gasteiger charge is -2.31. The lowest BCUT2D eigenvalue weighted by atomic mass is 9.94. The van der Waals surface area contributed by atoms with E-state index in [9.17, 15) is 13.9 Å². The van der Waals surface area contributed by atoms with Crippen molar-refractivity contribution in [1.82, 2.24) is 34.6 Å². The molecule has 3 aliphatic heterocycles. The van der Waals surface area contributed by atoms with Gasteiger partial charge < -0.3 is 19.3 Å². The number of pyridine rings is 1. The Kier molecular flexibility index (Phi) is 6.96. The maximum Gasteiger partial charge on any atom is 0.319 e. The predicted molar refractivity (Wildman–Crippen MR) is 166 cm³/mol. The van der Waals surface area contributed by atoms with E-state index in [1.54, 1.807) is 18.7 Å². The highest BCUT2D eigenvalue weighted by molar-refractivity contribution is 6.01. The molecule has 0 aliphatic carbocycles. The largest absolute Gasteiger partial charge is 0.508 e. The van der Waals surface area contributed by atoms with Crippen LogP contribution < -0.4 is 9.64 Å². The van der Waals surface area contributed by atoms with Crippen LogP contribution in [0.25, 0.3) is 32.9 Å². The molecule has 3 aromatic heterocycles. The first kappa shape index (κ1) is 28.9. The third-order valence-electron chi connectivity index (χ3n) is 9.96. The number of phenolic OH excluding ortho intramolecular Hbond substituents is 1. The van der Waals surface area contributed by atoms with Crippen molar-refractivity contribution in [2.24, 2.45) is 0 Å². The lowest BCUT2D eigenvalue weighted by molar-refractivity contribution is 0.107. The van der Waals surface area contributed by atoms with Crippen LogP contribution in [0.2, 0.25) is 0 Å². The van der Waals surface area contributed by atoms with E-state index < -0.39 is 23.3 Å². The first-order valence-corrected chi connectivity index (χ1v) is 15.8. The highest BCUT2D eigenvalue weighted by Crippen LogP contribution is 2.42. The third-order valence-corrected chi connectivity index (χ3v) is 9.96. The average Bonchev–Trinajstić information content (AvgIpc) is 3.85. The van der Waals surface area contributed by atoms with Crippen LogP contribution in [0.5, 0.6) is 11.8 Å². The van der Waals surface area contributed by atoms with E-state index in [0.29, 0.717) is 60.0 Å². The minimum Gasteiger partial charge on any atom is -0.508 e. The zero-order valence-electron chi connectivity index (χ0n) is 25.3. The zero-order chi connectivity index (χ0) is 31.6. The second kappa shape index (κ2) is 11.1. The molecule has 3 fully saturated rings. The number of hydrogen-bond donors (Lipinski definition) is 1. The summed E-state index contributed by atoms with van der Waals surface area (Å²) in [6.07, 6.45) is 7.26. The monoisotopic (exact) mass is 630 g/mol. The number of ether oxygens (including phenoxy) is 1. The molecule has 2 aromatic carbocycles. The van der Waals surface area contributed by atoms with E-state index in [1.165, 1.54) is 24.4 Å². The highest BCUT2D eigenvalue weighted by Gasteiger charge is 2.49. The molecule has 238 valence electrons. The van der Waals surface area contributed by atoms with Crippen molar-refractivity contribution in [3.63, 3.8) is 0 Å². The van der Waals surface area contributed by atoms with E-state index in [0.717, 1.165) is 25.8 Å². The lowest BCUT2D eigenvalue weighted by Crippen LogP contribution is -2.43. The first-order valence-electron chi connectivity index (χ1n) is 15.8. The van der Waals surface area contributed by atoms with Crippen LogP contribution in [0.15, 0.2) is 43.1 Å². The molecule has 0 radical (unpaired) electrons. The van der Waals surface area contributed by atoms with Crippen molar-refractivity contribution in [3.8, 4) is 23.0 Å². The van der Waals surface area contributed by atoms with Crippen molar-refractivity contribution < 1.29 is 23.0 Å². The van der Waals surface area contributed by atoms with Crippen molar-refractivity contribution in [2.75, 3.05) is 37.7 Å². The third kappa shape index (κ3) is 4.70. The van der Waals surface area contributed by atoms with E-state index in [4.69, 9.17) is 9.72 Å². The second-order valence-electron chi connectivity index (χ2n) is 12.6. The van der Waals surface area contributed by atoms with Gasteiger partial charge >= 0.3 is 6.01 Å². The molecule has 3 saturated heterocycles. The number of rotatable bonds is 7. The van der Waals surface area contributed by atoms with Crippen LogP contribution in [0, 0.1) is 11.6 Å². The van der Waals surface area contributed by atoms with Gasteiger partial charge in [0.05, 0.1) is 17.0 Å². The van der Waals surface area contributed by atoms with Crippen molar-refractivity contribution >= 4 is 27.5 Å². The number of aromatic nitrogens is 6. The fourth-order valence-corrected chi connectivity index (χ4v) is 7.77. The Morgan fingerprint density at radius 1 is 1.09 bits per heavy atom. The van der Waals surface area contributed by atoms with Gasteiger partial charge in [0.25, 0.3) is 0 Å². The molecular formula is C33H33F3N8O2. The number of nitrogens with zero attached hydrogens (tertiary/aromatic N) is 8.